The molecule has 35 heavy (non-hydrogen) atoms. The van der Waals surface area contributed by atoms with Crippen molar-refractivity contribution in [3.05, 3.63) is 47.8 Å². The van der Waals surface area contributed by atoms with E-state index < -0.39 is 18.0 Å². The summed E-state index contributed by atoms with van der Waals surface area (Å²) in [5, 5.41) is 8.14. The molecule has 0 radical (unpaired) electrons. The summed E-state index contributed by atoms with van der Waals surface area (Å²) in [6, 6.07) is 7.85. The number of aromatic nitrogens is 3. The van der Waals surface area contributed by atoms with E-state index in [0.717, 1.165) is 36.6 Å². The number of hydrogen-bond donors (Lipinski definition) is 1. The van der Waals surface area contributed by atoms with Crippen LogP contribution in [0, 0.1) is 0 Å². The zero-order chi connectivity index (χ0) is 23.7. The summed E-state index contributed by atoms with van der Waals surface area (Å²) in [6.45, 7) is 1.38. The lowest BCUT2D eigenvalue weighted by Crippen LogP contribution is -2.39. The van der Waals surface area contributed by atoms with Crippen LogP contribution in [0.3, 0.4) is 0 Å². The zero-order valence-corrected chi connectivity index (χ0v) is 20.0. The molecule has 5 rings (SSSR count). The van der Waals surface area contributed by atoms with E-state index in [9.17, 15) is 13.6 Å². The Morgan fingerprint density at radius 2 is 1.97 bits per heavy atom. The summed E-state index contributed by atoms with van der Waals surface area (Å²) in [5.74, 6) is -0.0427. The van der Waals surface area contributed by atoms with Crippen molar-refractivity contribution in [1.82, 2.24) is 14.8 Å². The molecular weight excluding hydrogens is 482 g/mol. The van der Waals surface area contributed by atoms with Gasteiger partial charge in [0.05, 0.1) is 23.2 Å². The molecule has 2 fully saturated rings. The first-order valence-electron chi connectivity index (χ1n) is 11.4. The first kappa shape index (κ1) is 25.3. The topological polar surface area (TPSA) is 87.5 Å². The lowest BCUT2D eigenvalue weighted by atomic mass is 9.92. The highest BCUT2D eigenvalue weighted by atomic mass is 35.5. The van der Waals surface area contributed by atoms with Crippen molar-refractivity contribution < 1.29 is 27.8 Å². The van der Waals surface area contributed by atoms with E-state index in [4.69, 9.17) is 19.3 Å². The second-order valence-corrected chi connectivity index (χ2v) is 8.63. The maximum atomic E-state index is 13.2. The van der Waals surface area contributed by atoms with E-state index in [1.54, 1.807) is 19.2 Å². The van der Waals surface area contributed by atoms with E-state index in [1.807, 2.05) is 10.9 Å². The van der Waals surface area contributed by atoms with Crippen molar-refractivity contribution in [1.29, 1.82) is 0 Å². The summed E-state index contributed by atoms with van der Waals surface area (Å²) < 4.78 is 44.9. The first-order valence-corrected chi connectivity index (χ1v) is 11.4. The fourth-order valence-corrected chi connectivity index (χ4v) is 4.30. The van der Waals surface area contributed by atoms with Gasteiger partial charge >= 0.3 is 0 Å². The van der Waals surface area contributed by atoms with Crippen LogP contribution in [0.5, 0.6) is 5.75 Å². The van der Waals surface area contributed by atoms with Gasteiger partial charge in [-0.25, -0.2) is 13.8 Å². The minimum atomic E-state index is -2.73. The van der Waals surface area contributed by atoms with Gasteiger partial charge in [0.1, 0.15) is 23.4 Å². The summed E-state index contributed by atoms with van der Waals surface area (Å²) >= 11 is 0. The Bertz CT molecular complexity index is 1180. The second-order valence-electron chi connectivity index (χ2n) is 8.63. The highest BCUT2D eigenvalue weighted by Crippen LogP contribution is 2.33. The predicted molar refractivity (Wildman–Crippen MR) is 128 cm³/mol. The van der Waals surface area contributed by atoms with Crippen molar-refractivity contribution in [2.45, 2.75) is 50.4 Å². The van der Waals surface area contributed by atoms with Crippen LogP contribution in [0.2, 0.25) is 0 Å². The average molecular weight is 509 g/mol. The summed E-state index contributed by atoms with van der Waals surface area (Å²) in [7, 11) is 1.66. The Hall–Kier alpha value is -2.82. The number of nitrogens with one attached hydrogen (secondary N) is 1. The van der Waals surface area contributed by atoms with E-state index >= 15 is 0 Å². The fraction of sp³-hybridized carbons (Fsp3) is 0.458. The number of rotatable bonds is 7. The average Bonchev–Trinajstić information content (AvgIpc) is 3.24. The van der Waals surface area contributed by atoms with Gasteiger partial charge in [-0.3, -0.25) is 9.48 Å². The van der Waals surface area contributed by atoms with E-state index in [2.05, 4.69) is 10.3 Å². The molecule has 1 aliphatic carbocycles. The number of benzene rings is 1. The molecule has 1 aromatic carbocycles. The van der Waals surface area contributed by atoms with E-state index in [0.29, 0.717) is 24.5 Å². The van der Waals surface area contributed by atoms with Gasteiger partial charge in [-0.05, 0) is 31.0 Å². The number of nitrogens with zero attached hydrogens (tertiary/aromatic N) is 3. The Balaban J connectivity index is 0.00000289. The number of anilines is 1. The maximum Gasteiger partial charge on any atom is 0.280 e. The molecule has 3 heterocycles. The standard InChI is InChI=1S/C24H26F2N4O4.ClH/c1-32-16-10-17(11-16)34-21-12-20-14(13-30(29-20)15-5-7-33-8-6-15)9-18(21)24(31)28-22-4-2-3-19(27-22)23(25)26;/h2-4,9,12-13,15-17,23H,5-8,10-11H2,1H3,(H,27,28,31);1H/t16-,17-;. The predicted octanol–water partition coefficient (Wildman–Crippen LogP) is 4.95. The molecule has 11 heteroatoms. The molecule has 2 aromatic heterocycles. The van der Waals surface area contributed by atoms with Crippen molar-refractivity contribution >= 4 is 35.0 Å². The van der Waals surface area contributed by atoms with Crippen molar-refractivity contribution in [3.63, 3.8) is 0 Å². The molecule has 1 N–H and O–H groups in total. The Morgan fingerprint density at radius 3 is 2.69 bits per heavy atom. The van der Waals surface area contributed by atoms with Crippen molar-refractivity contribution in [3.8, 4) is 5.75 Å². The van der Waals surface area contributed by atoms with E-state index in [-0.39, 0.29) is 36.5 Å². The monoisotopic (exact) mass is 508 g/mol. The van der Waals surface area contributed by atoms with E-state index in [1.165, 1.54) is 18.2 Å². The van der Waals surface area contributed by atoms with Crippen LogP contribution in [-0.4, -0.2) is 53.2 Å². The number of methoxy groups -OCH3 is 1. The molecular formula is C24H27ClF2N4O4. The number of pyridine rings is 1. The quantitative estimate of drug-likeness (QED) is 0.486. The molecule has 8 nitrogen and oxygen atoms in total. The van der Waals surface area contributed by atoms with Gasteiger partial charge in [0.25, 0.3) is 12.3 Å². The summed E-state index contributed by atoms with van der Waals surface area (Å²) in [5.41, 5.74) is 0.616. The fourth-order valence-electron chi connectivity index (χ4n) is 4.30. The minimum Gasteiger partial charge on any atom is -0.489 e. The van der Waals surface area contributed by atoms with Crippen LogP contribution >= 0.6 is 12.4 Å². The SMILES string of the molecule is CO[C@H]1C[C@H](Oc2cc3nn(C4CCOCC4)cc3cc2C(=O)Nc2cccc(C(F)F)n2)C1.Cl. The number of halogens is 3. The lowest BCUT2D eigenvalue weighted by Gasteiger charge is -2.34. The molecule has 0 atom stereocenters. The lowest BCUT2D eigenvalue weighted by molar-refractivity contribution is -0.0382. The maximum absolute atomic E-state index is 13.2. The molecule has 1 aliphatic heterocycles. The first-order chi connectivity index (χ1) is 16.5. The molecule has 1 saturated heterocycles. The molecule has 1 saturated carbocycles. The molecule has 0 unspecified atom stereocenters. The van der Waals surface area contributed by atoms with Crippen molar-refractivity contribution in [2.75, 3.05) is 25.6 Å². The van der Waals surface area contributed by atoms with Crippen LogP contribution in [0.4, 0.5) is 14.6 Å². The number of ether oxygens (including phenoxy) is 3. The van der Waals surface area contributed by atoms with Gasteiger partial charge in [-0.1, -0.05) is 6.07 Å². The van der Waals surface area contributed by atoms with Crippen LogP contribution in [0.15, 0.2) is 36.5 Å². The zero-order valence-electron chi connectivity index (χ0n) is 19.2. The smallest absolute Gasteiger partial charge is 0.280 e. The number of carbonyl (C=O) groups excluding carboxylic acids is 1. The minimum absolute atomic E-state index is 0. The Morgan fingerprint density at radius 1 is 1.20 bits per heavy atom. The van der Waals surface area contributed by atoms with Gasteiger partial charge in [0.2, 0.25) is 0 Å². The van der Waals surface area contributed by atoms with Crippen LogP contribution in [0.25, 0.3) is 10.9 Å². The van der Waals surface area contributed by atoms with Crippen molar-refractivity contribution in [2.24, 2.45) is 0 Å². The van der Waals surface area contributed by atoms with Crippen LogP contribution < -0.4 is 10.1 Å². The molecule has 0 bridgehead atoms. The highest BCUT2D eigenvalue weighted by molar-refractivity contribution is 6.08. The van der Waals surface area contributed by atoms with Crippen LogP contribution in [0.1, 0.15) is 54.2 Å². The Labute approximate surface area is 207 Å². The molecule has 0 spiro atoms. The molecule has 2 aliphatic rings. The normalized spacial score (nSPS) is 20.3. The number of carbonyl (C=O) groups is 1. The van der Waals surface area contributed by atoms with Crippen LogP contribution in [-0.2, 0) is 9.47 Å². The van der Waals surface area contributed by atoms with Gasteiger partial charge in [0.15, 0.2) is 0 Å². The third-order valence-electron chi connectivity index (χ3n) is 6.35. The largest absolute Gasteiger partial charge is 0.489 e. The third-order valence-corrected chi connectivity index (χ3v) is 6.35. The number of amides is 1. The number of alkyl halides is 2. The van der Waals surface area contributed by atoms with Gasteiger partial charge in [0, 0.05) is 50.8 Å². The second kappa shape index (κ2) is 10.8. The molecule has 1 amide bonds. The summed E-state index contributed by atoms with van der Waals surface area (Å²) in [6.07, 6.45) is 2.46. The van der Waals surface area contributed by atoms with Gasteiger partial charge in [-0.2, -0.15) is 5.10 Å². The molecule has 188 valence electrons. The molecule has 3 aromatic rings. The highest BCUT2D eigenvalue weighted by Gasteiger charge is 2.32. The van der Waals surface area contributed by atoms with Gasteiger partial charge < -0.3 is 19.5 Å². The Kier molecular flexibility index (Phi) is 7.83. The number of hydrogen-bond acceptors (Lipinski definition) is 6. The third kappa shape index (κ3) is 5.55. The van der Waals surface area contributed by atoms with Gasteiger partial charge in [-0.15, -0.1) is 12.4 Å². The number of fused-ring (bicyclic) bond motifs is 1. The summed E-state index contributed by atoms with van der Waals surface area (Å²) in [4.78, 5) is 17.0.